The van der Waals surface area contributed by atoms with Gasteiger partial charge in [0.05, 0.1) is 5.69 Å². The van der Waals surface area contributed by atoms with Gasteiger partial charge in [-0.1, -0.05) is 29.3 Å². The predicted octanol–water partition coefficient (Wildman–Crippen LogP) is 5.00. The van der Waals surface area contributed by atoms with Gasteiger partial charge in [-0.05, 0) is 77.9 Å². The Balaban J connectivity index is 1.95. The van der Waals surface area contributed by atoms with Crippen molar-refractivity contribution in [1.82, 2.24) is 0 Å². The topological polar surface area (TPSA) is 49.4 Å². The van der Waals surface area contributed by atoms with E-state index in [2.05, 4.69) is 27.9 Å². The molecule has 2 amide bonds. The van der Waals surface area contributed by atoms with E-state index in [9.17, 15) is 9.59 Å². The second-order valence-corrected chi connectivity index (χ2v) is 7.69. The molecule has 0 spiro atoms. The molecule has 128 valence electrons. The summed E-state index contributed by atoms with van der Waals surface area (Å²) in [5.74, 6) is -1.03. The highest BCUT2D eigenvalue weighted by Gasteiger charge is 2.39. The number of carbonyl (C=O) groups excluding carboxylic acids is 2. The van der Waals surface area contributed by atoms with Gasteiger partial charge >= 0.3 is 0 Å². The molecular formula is C18H13Cl2IN2O2. The van der Waals surface area contributed by atoms with E-state index in [1.165, 1.54) is 0 Å². The molecule has 0 unspecified atom stereocenters. The second kappa shape index (κ2) is 6.97. The van der Waals surface area contributed by atoms with Gasteiger partial charge in [-0.15, -0.1) is 0 Å². The van der Waals surface area contributed by atoms with Crippen molar-refractivity contribution in [2.75, 3.05) is 10.2 Å². The third-order valence-corrected chi connectivity index (χ3v) is 5.30. The van der Waals surface area contributed by atoms with Crippen LogP contribution in [0.25, 0.3) is 0 Å². The first-order chi connectivity index (χ1) is 11.8. The van der Waals surface area contributed by atoms with Crippen molar-refractivity contribution in [2.45, 2.75) is 13.8 Å². The van der Waals surface area contributed by atoms with E-state index in [0.29, 0.717) is 16.4 Å². The van der Waals surface area contributed by atoms with Crippen LogP contribution < -0.4 is 10.2 Å². The van der Waals surface area contributed by atoms with Crippen LogP contribution in [-0.4, -0.2) is 11.8 Å². The van der Waals surface area contributed by atoms with E-state index in [-0.39, 0.29) is 10.7 Å². The van der Waals surface area contributed by atoms with Crippen molar-refractivity contribution < 1.29 is 9.59 Å². The number of amides is 2. The largest absolute Gasteiger partial charge is 0.350 e. The molecule has 1 N–H and O–H groups in total. The summed E-state index contributed by atoms with van der Waals surface area (Å²) in [6.07, 6.45) is 0. The van der Waals surface area contributed by atoms with E-state index in [4.69, 9.17) is 23.2 Å². The zero-order valence-corrected chi connectivity index (χ0v) is 17.0. The summed E-state index contributed by atoms with van der Waals surface area (Å²) in [6, 6.07) is 10.8. The Hall–Kier alpha value is -1.57. The number of benzene rings is 2. The van der Waals surface area contributed by atoms with Gasteiger partial charge in [0.25, 0.3) is 11.8 Å². The summed E-state index contributed by atoms with van der Waals surface area (Å²) in [4.78, 5) is 26.4. The van der Waals surface area contributed by atoms with Crippen LogP contribution in [0.5, 0.6) is 0 Å². The molecule has 0 saturated heterocycles. The van der Waals surface area contributed by atoms with Gasteiger partial charge < -0.3 is 5.32 Å². The van der Waals surface area contributed by atoms with Crippen LogP contribution >= 0.6 is 45.8 Å². The molecule has 2 aromatic carbocycles. The highest BCUT2D eigenvalue weighted by molar-refractivity contribution is 14.1. The lowest BCUT2D eigenvalue weighted by Crippen LogP contribution is -2.32. The molecule has 0 bridgehead atoms. The predicted molar refractivity (Wildman–Crippen MR) is 109 cm³/mol. The van der Waals surface area contributed by atoms with Crippen LogP contribution in [0.2, 0.25) is 5.02 Å². The molecule has 4 nitrogen and oxygen atoms in total. The Kier molecular flexibility index (Phi) is 5.09. The highest BCUT2D eigenvalue weighted by Crippen LogP contribution is 2.33. The molecule has 0 aliphatic carbocycles. The number of nitrogens with one attached hydrogen (secondary N) is 1. The number of anilines is 2. The summed E-state index contributed by atoms with van der Waals surface area (Å²) in [5, 5.41) is 3.34. The molecule has 0 radical (unpaired) electrons. The van der Waals surface area contributed by atoms with E-state index in [0.717, 1.165) is 19.6 Å². The number of imide groups is 1. The van der Waals surface area contributed by atoms with Gasteiger partial charge in [-0.3, -0.25) is 9.59 Å². The fraction of sp³-hybridized carbons (Fsp3) is 0.111. The lowest BCUT2D eigenvalue weighted by Gasteiger charge is -2.17. The first kappa shape index (κ1) is 18.2. The van der Waals surface area contributed by atoms with Crippen molar-refractivity contribution in [3.63, 3.8) is 0 Å². The Morgan fingerprint density at radius 1 is 0.960 bits per heavy atom. The lowest BCUT2D eigenvalue weighted by atomic mass is 10.2. The average molecular weight is 487 g/mol. The molecule has 2 aromatic rings. The van der Waals surface area contributed by atoms with E-state index in [1.807, 2.05) is 32.0 Å². The smallest absolute Gasteiger partial charge is 0.283 e. The fourth-order valence-corrected chi connectivity index (χ4v) is 3.55. The molecule has 25 heavy (non-hydrogen) atoms. The number of rotatable bonds is 3. The van der Waals surface area contributed by atoms with Gasteiger partial charge in [0.2, 0.25) is 0 Å². The van der Waals surface area contributed by atoms with Crippen molar-refractivity contribution >= 4 is 69.0 Å². The standard InChI is InChI=1S/C18H13Cl2IN2O2/c1-9-3-5-12(8-13(9)19)22-16-15(20)17(24)23(18(16)25)14-6-4-11(21)7-10(14)2/h3-8,22H,1-2H3. The highest BCUT2D eigenvalue weighted by atomic mass is 127. The summed E-state index contributed by atoms with van der Waals surface area (Å²) < 4.78 is 1.02. The normalized spacial score (nSPS) is 14.5. The Morgan fingerprint density at radius 3 is 2.32 bits per heavy atom. The zero-order valence-electron chi connectivity index (χ0n) is 13.4. The third kappa shape index (κ3) is 3.41. The third-order valence-electron chi connectivity index (χ3n) is 3.87. The van der Waals surface area contributed by atoms with Crippen LogP contribution in [0.3, 0.4) is 0 Å². The Bertz CT molecular complexity index is 941. The van der Waals surface area contributed by atoms with Gasteiger partial charge in [-0.2, -0.15) is 0 Å². The van der Waals surface area contributed by atoms with Gasteiger partial charge in [0.15, 0.2) is 0 Å². The van der Waals surface area contributed by atoms with Crippen LogP contribution in [0.1, 0.15) is 11.1 Å². The minimum atomic E-state index is -0.545. The van der Waals surface area contributed by atoms with E-state index >= 15 is 0 Å². The minimum absolute atomic E-state index is 0.0459. The maximum absolute atomic E-state index is 12.8. The maximum atomic E-state index is 12.8. The molecule has 3 rings (SSSR count). The van der Waals surface area contributed by atoms with Crippen molar-refractivity contribution in [1.29, 1.82) is 0 Å². The van der Waals surface area contributed by atoms with Crippen molar-refractivity contribution in [3.8, 4) is 0 Å². The van der Waals surface area contributed by atoms with E-state index < -0.39 is 11.8 Å². The number of carbonyl (C=O) groups is 2. The summed E-state index contributed by atoms with van der Waals surface area (Å²) in [7, 11) is 0. The van der Waals surface area contributed by atoms with E-state index in [1.54, 1.807) is 18.2 Å². The first-order valence-corrected chi connectivity index (χ1v) is 9.21. The molecule has 1 aliphatic heterocycles. The van der Waals surface area contributed by atoms with Crippen LogP contribution in [0.4, 0.5) is 11.4 Å². The molecule has 1 heterocycles. The van der Waals surface area contributed by atoms with Gasteiger partial charge in [0.1, 0.15) is 10.7 Å². The van der Waals surface area contributed by atoms with Gasteiger partial charge in [0, 0.05) is 14.3 Å². The number of nitrogens with zero attached hydrogens (tertiary/aromatic N) is 1. The van der Waals surface area contributed by atoms with Crippen LogP contribution in [0.15, 0.2) is 47.1 Å². The number of hydrogen-bond donors (Lipinski definition) is 1. The summed E-state index contributed by atoms with van der Waals surface area (Å²) >= 11 is 14.4. The molecular weight excluding hydrogens is 474 g/mol. The molecule has 0 fully saturated rings. The summed E-state index contributed by atoms with van der Waals surface area (Å²) in [6.45, 7) is 3.72. The number of aryl methyl sites for hydroxylation is 2. The fourth-order valence-electron chi connectivity index (χ4n) is 2.51. The van der Waals surface area contributed by atoms with Crippen LogP contribution in [-0.2, 0) is 9.59 Å². The Labute approximate surface area is 168 Å². The molecule has 0 aromatic heterocycles. The zero-order chi connectivity index (χ0) is 18.3. The average Bonchev–Trinajstić information content (AvgIpc) is 2.75. The minimum Gasteiger partial charge on any atom is -0.350 e. The molecule has 0 saturated carbocycles. The van der Waals surface area contributed by atoms with Crippen LogP contribution in [0, 0.1) is 17.4 Å². The monoisotopic (exact) mass is 486 g/mol. The number of hydrogen-bond acceptors (Lipinski definition) is 3. The molecule has 0 atom stereocenters. The maximum Gasteiger partial charge on any atom is 0.283 e. The molecule has 1 aliphatic rings. The SMILES string of the molecule is Cc1ccc(NC2=C(Cl)C(=O)N(c3ccc(I)cc3C)C2=O)cc1Cl. The number of halogens is 3. The van der Waals surface area contributed by atoms with Crippen molar-refractivity contribution in [3.05, 3.63) is 66.8 Å². The Morgan fingerprint density at radius 2 is 1.68 bits per heavy atom. The van der Waals surface area contributed by atoms with Gasteiger partial charge in [-0.25, -0.2) is 4.90 Å². The first-order valence-electron chi connectivity index (χ1n) is 7.37. The molecule has 7 heteroatoms. The van der Waals surface area contributed by atoms with Crippen molar-refractivity contribution in [2.24, 2.45) is 0 Å². The lowest BCUT2D eigenvalue weighted by molar-refractivity contribution is -0.120. The summed E-state index contributed by atoms with van der Waals surface area (Å²) in [5.41, 5.74) is 2.89. The second-order valence-electron chi connectivity index (χ2n) is 5.65. The quantitative estimate of drug-likeness (QED) is 0.490.